The van der Waals surface area contributed by atoms with E-state index in [0.717, 1.165) is 13.2 Å². The van der Waals surface area contributed by atoms with Crippen LogP contribution in [-0.2, 0) is 20.7 Å². The largest absolute Gasteiger partial charge is 0.481 e. The molecule has 0 spiro atoms. The number of benzene rings is 1. The molecule has 0 amide bonds. The van der Waals surface area contributed by atoms with E-state index in [1.165, 1.54) is 12.1 Å². The minimum atomic E-state index is -1.02. The van der Waals surface area contributed by atoms with E-state index < -0.39 is 17.8 Å². The third kappa shape index (κ3) is 3.95. The van der Waals surface area contributed by atoms with E-state index >= 15 is 0 Å². The summed E-state index contributed by atoms with van der Waals surface area (Å²) in [5, 5.41) is 8.58. The Kier molecular flexibility index (Phi) is 4.23. The van der Waals surface area contributed by atoms with Gasteiger partial charge in [-0.3, -0.25) is 4.79 Å². The summed E-state index contributed by atoms with van der Waals surface area (Å²) >= 11 is 0. The van der Waals surface area contributed by atoms with Crippen molar-refractivity contribution in [1.29, 1.82) is 0 Å². The van der Waals surface area contributed by atoms with Crippen molar-refractivity contribution in [2.45, 2.75) is 6.42 Å². The summed E-state index contributed by atoms with van der Waals surface area (Å²) in [5.74, 6) is 1.93. The standard InChI is InChI=1S/C12H9FO4/c1-17-12(16)5-3-9-6-8(7-11(14)15)2-4-10(9)13/h2,4,6H,7H2,1H3,(H,14,15). The number of hydrogen-bond donors (Lipinski definition) is 1. The first-order valence-electron chi connectivity index (χ1n) is 4.63. The maximum absolute atomic E-state index is 13.3. The Morgan fingerprint density at radius 3 is 2.76 bits per heavy atom. The molecule has 1 rings (SSSR count). The van der Waals surface area contributed by atoms with Crippen LogP contribution in [0.5, 0.6) is 0 Å². The fourth-order valence-electron chi connectivity index (χ4n) is 1.12. The molecule has 0 saturated carbocycles. The monoisotopic (exact) mass is 236 g/mol. The molecular weight excluding hydrogens is 227 g/mol. The summed E-state index contributed by atoms with van der Waals surface area (Å²) in [7, 11) is 1.16. The van der Waals surface area contributed by atoms with Crippen LogP contribution in [0.25, 0.3) is 0 Å². The van der Waals surface area contributed by atoms with E-state index in [1.54, 1.807) is 0 Å². The van der Waals surface area contributed by atoms with Gasteiger partial charge in [-0.25, -0.2) is 9.18 Å². The van der Waals surface area contributed by atoms with Crippen molar-refractivity contribution in [3.63, 3.8) is 0 Å². The van der Waals surface area contributed by atoms with Gasteiger partial charge in [-0.05, 0) is 17.7 Å². The normalized spacial score (nSPS) is 9.06. The molecule has 0 fully saturated rings. The molecule has 0 aliphatic carbocycles. The van der Waals surface area contributed by atoms with Gasteiger partial charge in [0, 0.05) is 5.92 Å². The second-order valence-electron chi connectivity index (χ2n) is 3.13. The Morgan fingerprint density at radius 2 is 2.18 bits per heavy atom. The van der Waals surface area contributed by atoms with E-state index in [-0.39, 0.29) is 12.0 Å². The highest BCUT2D eigenvalue weighted by atomic mass is 19.1. The topological polar surface area (TPSA) is 63.6 Å². The quantitative estimate of drug-likeness (QED) is 0.614. The van der Waals surface area contributed by atoms with Gasteiger partial charge in [-0.15, -0.1) is 0 Å². The van der Waals surface area contributed by atoms with E-state index in [0.29, 0.717) is 5.56 Å². The molecule has 1 aromatic rings. The summed E-state index contributed by atoms with van der Waals surface area (Å²) in [5.41, 5.74) is 0.377. The summed E-state index contributed by atoms with van der Waals surface area (Å²) in [6.07, 6.45) is -0.229. The highest BCUT2D eigenvalue weighted by molar-refractivity contribution is 5.89. The average molecular weight is 236 g/mol. The average Bonchev–Trinajstić information content (AvgIpc) is 2.28. The molecule has 0 heterocycles. The molecule has 0 aliphatic heterocycles. The molecule has 0 unspecified atom stereocenters. The lowest BCUT2D eigenvalue weighted by Gasteiger charge is -1.99. The van der Waals surface area contributed by atoms with E-state index in [9.17, 15) is 14.0 Å². The van der Waals surface area contributed by atoms with Gasteiger partial charge < -0.3 is 9.84 Å². The summed E-state index contributed by atoms with van der Waals surface area (Å²) < 4.78 is 17.5. The number of carboxylic acid groups (broad SMARTS) is 1. The van der Waals surface area contributed by atoms with Crippen LogP contribution in [0.1, 0.15) is 11.1 Å². The van der Waals surface area contributed by atoms with Crippen molar-refractivity contribution < 1.29 is 23.8 Å². The van der Waals surface area contributed by atoms with Crippen molar-refractivity contribution in [1.82, 2.24) is 0 Å². The number of methoxy groups -OCH3 is 1. The van der Waals surface area contributed by atoms with Gasteiger partial charge in [0.05, 0.1) is 19.1 Å². The first-order valence-corrected chi connectivity index (χ1v) is 4.63. The fraction of sp³-hybridized carbons (Fsp3) is 0.167. The molecule has 0 radical (unpaired) electrons. The van der Waals surface area contributed by atoms with Crippen molar-refractivity contribution in [2.24, 2.45) is 0 Å². The van der Waals surface area contributed by atoms with Crippen LogP contribution >= 0.6 is 0 Å². The number of hydrogen-bond acceptors (Lipinski definition) is 3. The highest BCUT2D eigenvalue weighted by Crippen LogP contribution is 2.10. The molecule has 88 valence electrons. The minimum absolute atomic E-state index is 0.0332. The number of carboxylic acids is 1. The zero-order valence-corrected chi connectivity index (χ0v) is 8.99. The first-order chi connectivity index (χ1) is 8.02. The SMILES string of the molecule is COC(=O)C#Cc1cc(CC(=O)O)ccc1F. The van der Waals surface area contributed by atoms with Gasteiger partial charge in [-0.2, -0.15) is 0 Å². The lowest BCUT2D eigenvalue weighted by atomic mass is 10.1. The number of halogens is 1. The van der Waals surface area contributed by atoms with Crippen molar-refractivity contribution in [3.8, 4) is 11.8 Å². The summed E-state index contributed by atoms with van der Waals surface area (Å²) in [6.45, 7) is 0. The summed E-state index contributed by atoms with van der Waals surface area (Å²) in [6, 6.07) is 3.76. The molecule has 17 heavy (non-hydrogen) atoms. The van der Waals surface area contributed by atoms with Crippen LogP contribution in [0.15, 0.2) is 18.2 Å². The van der Waals surface area contributed by atoms with E-state index in [2.05, 4.69) is 16.6 Å². The van der Waals surface area contributed by atoms with Gasteiger partial charge in [0.2, 0.25) is 0 Å². The Hall–Kier alpha value is -2.35. The Morgan fingerprint density at radius 1 is 1.47 bits per heavy atom. The molecule has 0 saturated heterocycles. The second kappa shape index (κ2) is 5.66. The third-order valence-electron chi connectivity index (χ3n) is 1.87. The second-order valence-corrected chi connectivity index (χ2v) is 3.13. The van der Waals surface area contributed by atoms with Crippen LogP contribution in [0.2, 0.25) is 0 Å². The molecule has 0 aliphatic rings. The van der Waals surface area contributed by atoms with Gasteiger partial charge in [0.25, 0.3) is 0 Å². The molecular formula is C12H9FO4. The van der Waals surface area contributed by atoms with Crippen LogP contribution in [0.3, 0.4) is 0 Å². The number of carbonyl (C=O) groups excluding carboxylic acids is 1. The van der Waals surface area contributed by atoms with Gasteiger partial charge in [0.1, 0.15) is 5.82 Å². The number of rotatable bonds is 2. The molecule has 0 atom stereocenters. The Labute approximate surface area is 97.0 Å². The molecule has 4 nitrogen and oxygen atoms in total. The Bertz CT molecular complexity index is 511. The molecule has 5 heteroatoms. The predicted octanol–water partition coefficient (Wildman–Crippen LogP) is 0.977. The van der Waals surface area contributed by atoms with Crippen molar-refractivity contribution in [3.05, 3.63) is 35.1 Å². The van der Waals surface area contributed by atoms with Crippen molar-refractivity contribution >= 4 is 11.9 Å². The molecule has 0 aromatic heterocycles. The highest BCUT2D eigenvalue weighted by Gasteiger charge is 2.05. The number of esters is 1. The molecule has 1 aromatic carbocycles. The lowest BCUT2D eigenvalue weighted by molar-refractivity contribution is -0.136. The van der Waals surface area contributed by atoms with Crippen molar-refractivity contribution in [2.75, 3.05) is 7.11 Å². The fourth-order valence-corrected chi connectivity index (χ4v) is 1.12. The zero-order valence-electron chi connectivity index (χ0n) is 8.99. The van der Waals surface area contributed by atoms with Crippen LogP contribution in [-0.4, -0.2) is 24.2 Å². The zero-order chi connectivity index (χ0) is 12.8. The maximum atomic E-state index is 13.3. The van der Waals surface area contributed by atoms with Crippen LogP contribution in [0.4, 0.5) is 4.39 Å². The first kappa shape index (κ1) is 12.7. The molecule has 1 N–H and O–H groups in total. The summed E-state index contributed by atoms with van der Waals surface area (Å²) in [4.78, 5) is 21.2. The van der Waals surface area contributed by atoms with Gasteiger partial charge >= 0.3 is 11.9 Å². The Balaban J connectivity index is 3.01. The third-order valence-corrected chi connectivity index (χ3v) is 1.87. The predicted molar refractivity (Wildman–Crippen MR) is 56.6 cm³/mol. The van der Waals surface area contributed by atoms with Crippen LogP contribution in [0, 0.1) is 17.7 Å². The van der Waals surface area contributed by atoms with Crippen LogP contribution < -0.4 is 0 Å². The number of aliphatic carboxylic acids is 1. The van der Waals surface area contributed by atoms with E-state index in [1.807, 2.05) is 0 Å². The van der Waals surface area contributed by atoms with Gasteiger partial charge in [0.15, 0.2) is 0 Å². The number of carbonyl (C=O) groups is 2. The lowest BCUT2D eigenvalue weighted by Crippen LogP contribution is -2.01. The van der Waals surface area contributed by atoms with E-state index in [4.69, 9.17) is 5.11 Å². The molecule has 0 bridgehead atoms. The smallest absolute Gasteiger partial charge is 0.384 e. The minimum Gasteiger partial charge on any atom is -0.481 e. The van der Waals surface area contributed by atoms with Gasteiger partial charge in [-0.1, -0.05) is 12.0 Å². The maximum Gasteiger partial charge on any atom is 0.384 e. The number of ether oxygens (including phenoxy) is 1.